The third-order valence-corrected chi connectivity index (χ3v) is 3.54. The van der Waals surface area contributed by atoms with Gasteiger partial charge in [0.05, 0.1) is 0 Å². The molecule has 130 valence electrons. The second-order valence-corrected chi connectivity index (χ2v) is 5.55. The molecule has 25 heavy (non-hydrogen) atoms. The van der Waals surface area contributed by atoms with E-state index in [-0.39, 0.29) is 18.6 Å². The highest BCUT2D eigenvalue weighted by molar-refractivity contribution is 5.91. The second-order valence-electron chi connectivity index (χ2n) is 5.55. The molecule has 3 rings (SSSR count). The van der Waals surface area contributed by atoms with Crippen LogP contribution in [0.25, 0.3) is 0 Å². The maximum Gasteiger partial charge on any atom is 0.231 e. The Bertz CT molecular complexity index is 774. The Balaban J connectivity index is 1.44. The smallest absolute Gasteiger partial charge is 0.231 e. The fourth-order valence-electron chi connectivity index (χ4n) is 2.39. The lowest BCUT2D eigenvalue weighted by atomic mass is 10.2. The molecule has 1 aliphatic heterocycles. The number of ether oxygens (including phenoxy) is 2. The number of nitrogens with one attached hydrogen (secondary N) is 3. The van der Waals surface area contributed by atoms with Gasteiger partial charge >= 0.3 is 0 Å². The molecule has 0 saturated carbocycles. The van der Waals surface area contributed by atoms with Gasteiger partial charge in [-0.25, -0.2) is 0 Å². The molecular formula is C18H19N3O4. The van der Waals surface area contributed by atoms with Crippen LogP contribution in [0.2, 0.25) is 0 Å². The first kappa shape index (κ1) is 16.6. The minimum atomic E-state index is -0.110. The highest BCUT2D eigenvalue weighted by Gasteiger charge is 2.14. The molecule has 0 fully saturated rings. The van der Waals surface area contributed by atoms with E-state index in [4.69, 9.17) is 9.47 Å². The Kier molecular flexibility index (Phi) is 5.03. The number of benzene rings is 2. The van der Waals surface area contributed by atoms with Crippen molar-refractivity contribution in [3.63, 3.8) is 0 Å². The molecule has 3 N–H and O–H groups in total. The third kappa shape index (κ3) is 4.63. The molecule has 0 aliphatic carbocycles. The monoisotopic (exact) mass is 341 g/mol. The Labute approximate surface area is 145 Å². The standard InChI is InChI=1S/C18H19N3O4/c1-12(22)20-14-4-2-13(3-5-14)19-9-8-18(23)21-15-6-7-16-17(10-15)25-11-24-16/h2-7,10,19H,8-9,11H2,1H3,(H,20,22)(H,21,23). The van der Waals surface area contributed by atoms with Crippen LogP contribution in [0.5, 0.6) is 11.5 Å². The number of carbonyl (C=O) groups is 2. The zero-order valence-corrected chi connectivity index (χ0v) is 13.8. The number of carbonyl (C=O) groups excluding carboxylic acids is 2. The number of fused-ring (bicyclic) bond motifs is 1. The van der Waals surface area contributed by atoms with Crippen LogP contribution in [0, 0.1) is 0 Å². The largest absolute Gasteiger partial charge is 0.454 e. The molecule has 0 unspecified atom stereocenters. The predicted molar refractivity (Wildman–Crippen MR) is 95.0 cm³/mol. The SMILES string of the molecule is CC(=O)Nc1ccc(NCCC(=O)Nc2ccc3c(c2)OCO3)cc1. The van der Waals surface area contributed by atoms with E-state index in [9.17, 15) is 9.59 Å². The van der Waals surface area contributed by atoms with Gasteiger partial charge in [-0.05, 0) is 36.4 Å². The average Bonchev–Trinajstić information content (AvgIpc) is 3.03. The molecule has 0 atom stereocenters. The summed E-state index contributed by atoms with van der Waals surface area (Å²) in [6.45, 7) is 2.16. The van der Waals surface area contributed by atoms with Gasteiger partial charge in [-0.15, -0.1) is 0 Å². The van der Waals surface area contributed by atoms with E-state index in [1.54, 1.807) is 30.3 Å². The van der Waals surface area contributed by atoms with E-state index < -0.39 is 0 Å². The fourth-order valence-corrected chi connectivity index (χ4v) is 2.39. The molecule has 0 radical (unpaired) electrons. The van der Waals surface area contributed by atoms with Crippen LogP contribution in [0.4, 0.5) is 17.1 Å². The van der Waals surface area contributed by atoms with Crippen LogP contribution in [0.3, 0.4) is 0 Å². The summed E-state index contributed by atoms with van der Waals surface area (Å²) in [7, 11) is 0. The molecule has 2 aromatic rings. The number of rotatable bonds is 6. The van der Waals surface area contributed by atoms with Gasteiger partial charge in [0.25, 0.3) is 0 Å². The summed E-state index contributed by atoms with van der Waals surface area (Å²) in [5, 5.41) is 8.69. The van der Waals surface area contributed by atoms with E-state index in [0.29, 0.717) is 30.2 Å². The molecule has 0 spiro atoms. The zero-order chi connectivity index (χ0) is 17.6. The summed E-state index contributed by atoms with van der Waals surface area (Å²) in [6.07, 6.45) is 0.321. The van der Waals surface area contributed by atoms with Gasteiger partial charge in [-0.1, -0.05) is 0 Å². The van der Waals surface area contributed by atoms with E-state index in [0.717, 1.165) is 11.4 Å². The summed E-state index contributed by atoms with van der Waals surface area (Å²) in [5.41, 5.74) is 2.29. The van der Waals surface area contributed by atoms with Gasteiger partial charge in [0.1, 0.15) is 0 Å². The van der Waals surface area contributed by atoms with Crippen molar-refractivity contribution in [3.05, 3.63) is 42.5 Å². The third-order valence-electron chi connectivity index (χ3n) is 3.54. The second kappa shape index (κ2) is 7.57. The predicted octanol–water partition coefficient (Wildman–Crippen LogP) is 2.81. The van der Waals surface area contributed by atoms with Crippen molar-refractivity contribution < 1.29 is 19.1 Å². The van der Waals surface area contributed by atoms with E-state index in [1.807, 2.05) is 12.1 Å². The number of hydrogen-bond donors (Lipinski definition) is 3. The fraction of sp³-hybridized carbons (Fsp3) is 0.222. The number of anilines is 3. The summed E-state index contributed by atoms with van der Waals surface area (Å²) in [5.74, 6) is 1.11. The van der Waals surface area contributed by atoms with Gasteiger partial charge < -0.3 is 25.4 Å². The van der Waals surface area contributed by atoms with Crippen molar-refractivity contribution in [2.45, 2.75) is 13.3 Å². The summed E-state index contributed by atoms with van der Waals surface area (Å²) in [6, 6.07) is 12.6. The van der Waals surface area contributed by atoms with Crippen LogP contribution >= 0.6 is 0 Å². The van der Waals surface area contributed by atoms with Gasteiger partial charge in [-0.3, -0.25) is 9.59 Å². The molecule has 0 aromatic heterocycles. The Hall–Kier alpha value is -3.22. The molecule has 7 nitrogen and oxygen atoms in total. The van der Waals surface area contributed by atoms with Gasteiger partial charge in [-0.2, -0.15) is 0 Å². The lowest BCUT2D eigenvalue weighted by Gasteiger charge is -2.09. The Morgan fingerprint density at radius 3 is 2.36 bits per heavy atom. The van der Waals surface area contributed by atoms with Crippen LogP contribution in [0.15, 0.2) is 42.5 Å². The van der Waals surface area contributed by atoms with E-state index in [1.165, 1.54) is 6.92 Å². The van der Waals surface area contributed by atoms with Crippen molar-refractivity contribution in [3.8, 4) is 11.5 Å². The van der Waals surface area contributed by atoms with Gasteiger partial charge in [0.15, 0.2) is 11.5 Å². The minimum Gasteiger partial charge on any atom is -0.454 e. The molecule has 2 amide bonds. The quantitative estimate of drug-likeness (QED) is 0.752. The molecular weight excluding hydrogens is 322 g/mol. The van der Waals surface area contributed by atoms with Crippen LogP contribution < -0.4 is 25.4 Å². The van der Waals surface area contributed by atoms with Gasteiger partial charge in [0, 0.05) is 43.0 Å². The van der Waals surface area contributed by atoms with Crippen LogP contribution in [-0.2, 0) is 9.59 Å². The summed E-state index contributed by atoms with van der Waals surface area (Å²) >= 11 is 0. The zero-order valence-electron chi connectivity index (χ0n) is 13.8. The van der Waals surface area contributed by atoms with Crippen molar-refractivity contribution in [2.75, 3.05) is 29.3 Å². The lowest BCUT2D eigenvalue weighted by Crippen LogP contribution is -2.16. The first-order chi connectivity index (χ1) is 12.1. The van der Waals surface area contributed by atoms with Crippen molar-refractivity contribution in [2.24, 2.45) is 0 Å². The first-order valence-corrected chi connectivity index (χ1v) is 7.91. The topological polar surface area (TPSA) is 88.7 Å². The summed E-state index contributed by atoms with van der Waals surface area (Å²) in [4.78, 5) is 23.0. The lowest BCUT2D eigenvalue weighted by molar-refractivity contribution is -0.116. The molecule has 0 bridgehead atoms. The van der Waals surface area contributed by atoms with E-state index in [2.05, 4.69) is 16.0 Å². The minimum absolute atomic E-state index is 0.0961. The van der Waals surface area contributed by atoms with Crippen molar-refractivity contribution in [1.29, 1.82) is 0 Å². The van der Waals surface area contributed by atoms with Crippen molar-refractivity contribution >= 4 is 28.9 Å². The molecule has 1 aliphatic rings. The average molecular weight is 341 g/mol. The molecule has 1 heterocycles. The van der Waals surface area contributed by atoms with Crippen molar-refractivity contribution in [1.82, 2.24) is 0 Å². The molecule has 0 saturated heterocycles. The van der Waals surface area contributed by atoms with Gasteiger partial charge in [0.2, 0.25) is 18.6 Å². The summed E-state index contributed by atoms with van der Waals surface area (Å²) < 4.78 is 10.5. The van der Waals surface area contributed by atoms with Crippen LogP contribution in [0.1, 0.15) is 13.3 Å². The number of amides is 2. The first-order valence-electron chi connectivity index (χ1n) is 7.91. The number of hydrogen-bond acceptors (Lipinski definition) is 5. The maximum atomic E-state index is 12.0. The normalized spacial score (nSPS) is 11.7. The highest BCUT2D eigenvalue weighted by atomic mass is 16.7. The highest BCUT2D eigenvalue weighted by Crippen LogP contribution is 2.34. The molecule has 7 heteroatoms. The maximum absolute atomic E-state index is 12.0. The Morgan fingerprint density at radius 1 is 0.920 bits per heavy atom. The van der Waals surface area contributed by atoms with E-state index >= 15 is 0 Å². The van der Waals surface area contributed by atoms with Crippen LogP contribution in [-0.4, -0.2) is 25.2 Å². The molecule has 2 aromatic carbocycles. The Morgan fingerprint density at radius 2 is 1.60 bits per heavy atom.